The number of aromatic nitrogens is 2. The largest absolute Gasteiger partial charge is 0.295 e. The van der Waals surface area contributed by atoms with E-state index in [1.54, 1.807) is 18.5 Å². The lowest BCUT2D eigenvalue weighted by Gasteiger charge is -2.07. The lowest BCUT2D eigenvalue weighted by molar-refractivity contribution is -0.116. The number of aryl methyl sites for hydroxylation is 3. The Morgan fingerprint density at radius 1 is 1.21 bits per heavy atom. The lowest BCUT2D eigenvalue weighted by Crippen LogP contribution is -2.14. The summed E-state index contributed by atoms with van der Waals surface area (Å²) < 4.78 is 0. The quantitative estimate of drug-likeness (QED) is 0.913. The Kier molecular flexibility index (Phi) is 4.23. The van der Waals surface area contributed by atoms with Crippen LogP contribution in [0.3, 0.4) is 0 Å². The van der Waals surface area contributed by atoms with Crippen molar-refractivity contribution in [2.45, 2.75) is 26.7 Å². The molecule has 98 valence electrons. The molecular formula is C15H17N3O. The third kappa shape index (κ3) is 3.88. The van der Waals surface area contributed by atoms with Crippen molar-refractivity contribution in [2.75, 3.05) is 5.32 Å². The molecule has 4 nitrogen and oxygen atoms in total. The fraction of sp³-hybridized carbons (Fsp3) is 0.267. The minimum Gasteiger partial charge on any atom is -0.295 e. The van der Waals surface area contributed by atoms with Crippen LogP contribution in [0.15, 0.2) is 36.7 Å². The van der Waals surface area contributed by atoms with Crippen LogP contribution in [0.25, 0.3) is 0 Å². The first-order valence-corrected chi connectivity index (χ1v) is 6.28. The van der Waals surface area contributed by atoms with Gasteiger partial charge >= 0.3 is 0 Å². The van der Waals surface area contributed by atoms with E-state index in [0.29, 0.717) is 12.4 Å². The van der Waals surface area contributed by atoms with Crippen LogP contribution in [0.4, 0.5) is 5.95 Å². The summed E-state index contributed by atoms with van der Waals surface area (Å²) in [5.41, 5.74) is 3.67. The second kappa shape index (κ2) is 6.09. The van der Waals surface area contributed by atoms with Gasteiger partial charge < -0.3 is 0 Å². The Hall–Kier alpha value is -2.23. The molecule has 2 aromatic rings. The van der Waals surface area contributed by atoms with Crippen molar-refractivity contribution in [3.63, 3.8) is 0 Å². The SMILES string of the molecule is Cc1ccc(CCC(=O)Nc2ncccn2)c(C)c1. The second-order valence-corrected chi connectivity index (χ2v) is 4.55. The Morgan fingerprint density at radius 2 is 1.95 bits per heavy atom. The molecule has 0 bridgehead atoms. The molecule has 0 aliphatic carbocycles. The molecule has 0 unspecified atom stereocenters. The number of nitrogens with zero attached hydrogens (tertiary/aromatic N) is 2. The summed E-state index contributed by atoms with van der Waals surface area (Å²) in [6.07, 6.45) is 4.37. The van der Waals surface area contributed by atoms with Gasteiger partial charge in [0.25, 0.3) is 0 Å². The summed E-state index contributed by atoms with van der Waals surface area (Å²) in [6, 6.07) is 8.00. The van der Waals surface area contributed by atoms with Crippen molar-refractivity contribution in [1.29, 1.82) is 0 Å². The van der Waals surface area contributed by atoms with Crippen LogP contribution in [-0.2, 0) is 11.2 Å². The minimum absolute atomic E-state index is 0.0637. The van der Waals surface area contributed by atoms with Gasteiger partial charge in [-0.15, -0.1) is 0 Å². The van der Waals surface area contributed by atoms with Gasteiger partial charge in [0.05, 0.1) is 0 Å². The highest BCUT2D eigenvalue weighted by Crippen LogP contribution is 2.12. The fourth-order valence-electron chi connectivity index (χ4n) is 1.93. The van der Waals surface area contributed by atoms with E-state index in [0.717, 1.165) is 6.42 Å². The summed E-state index contributed by atoms with van der Waals surface area (Å²) in [5, 5.41) is 2.68. The van der Waals surface area contributed by atoms with E-state index in [-0.39, 0.29) is 5.91 Å². The van der Waals surface area contributed by atoms with E-state index in [4.69, 9.17) is 0 Å². The van der Waals surface area contributed by atoms with Gasteiger partial charge in [-0.3, -0.25) is 10.1 Å². The molecule has 4 heteroatoms. The van der Waals surface area contributed by atoms with E-state index in [9.17, 15) is 4.79 Å². The van der Waals surface area contributed by atoms with Gasteiger partial charge in [0.15, 0.2) is 0 Å². The molecule has 0 aliphatic rings. The van der Waals surface area contributed by atoms with Crippen LogP contribution in [0.5, 0.6) is 0 Å². The van der Waals surface area contributed by atoms with E-state index >= 15 is 0 Å². The normalized spacial score (nSPS) is 10.2. The topological polar surface area (TPSA) is 54.9 Å². The highest BCUT2D eigenvalue weighted by Gasteiger charge is 2.06. The number of hydrogen-bond donors (Lipinski definition) is 1. The van der Waals surface area contributed by atoms with Gasteiger partial charge in [-0.2, -0.15) is 0 Å². The first-order valence-electron chi connectivity index (χ1n) is 6.28. The molecule has 1 aromatic carbocycles. The molecule has 0 radical (unpaired) electrons. The molecule has 1 N–H and O–H groups in total. The molecule has 0 saturated heterocycles. The average Bonchev–Trinajstić information content (AvgIpc) is 2.39. The predicted octanol–water partition coefficient (Wildman–Crippen LogP) is 2.66. The number of benzene rings is 1. The minimum atomic E-state index is -0.0637. The summed E-state index contributed by atoms with van der Waals surface area (Å²) in [7, 11) is 0. The lowest BCUT2D eigenvalue weighted by atomic mass is 10.0. The van der Waals surface area contributed by atoms with Gasteiger partial charge in [0, 0.05) is 18.8 Å². The van der Waals surface area contributed by atoms with Crippen LogP contribution in [0.2, 0.25) is 0 Å². The van der Waals surface area contributed by atoms with Crippen molar-refractivity contribution in [3.05, 3.63) is 53.3 Å². The second-order valence-electron chi connectivity index (χ2n) is 4.55. The molecule has 0 aliphatic heterocycles. The fourth-order valence-corrected chi connectivity index (χ4v) is 1.93. The first kappa shape index (κ1) is 13.2. The molecular weight excluding hydrogens is 238 g/mol. The zero-order chi connectivity index (χ0) is 13.7. The maximum atomic E-state index is 11.8. The number of carbonyl (C=O) groups is 1. The van der Waals surface area contributed by atoms with Gasteiger partial charge in [-0.25, -0.2) is 9.97 Å². The molecule has 1 aromatic heterocycles. The van der Waals surface area contributed by atoms with Crippen molar-refractivity contribution in [1.82, 2.24) is 9.97 Å². The van der Waals surface area contributed by atoms with Gasteiger partial charge in [-0.1, -0.05) is 23.8 Å². The monoisotopic (exact) mass is 255 g/mol. The average molecular weight is 255 g/mol. The van der Waals surface area contributed by atoms with Gasteiger partial charge in [0.1, 0.15) is 0 Å². The Labute approximate surface area is 112 Å². The highest BCUT2D eigenvalue weighted by atomic mass is 16.1. The van der Waals surface area contributed by atoms with E-state index in [1.807, 2.05) is 0 Å². The molecule has 19 heavy (non-hydrogen) atoms. The number of nitrogens with one attached hydrogen (secondary N) is 1. The molecule has 0 spiro atoms. The molecule has 0 atom stereocenters. The summed E-state index contributed by atoms with van der Waals surface area (Å²) in [5.74, 6) is 0.291. The number of carbonyl (C=O) groups excluding carboxylic acids is 1. The van der Waals surface area contributed by atoms with Gasteiger partial charge in [-0.05, 0) is 37.5 Å². The van der Waals surface area contributed by atoms with Crippen molar-refractivity contribution >= 4 is 11.9 Å². The van der Waals surface area contributed by atoms with Crippen molar-refractivity contribution in [2.24, 2.45) is 0 Å². The third-order valence-electron chi connectivity index (χ3n) is 2.94. The third-order valence-corrected chi connectivity index (χ3v) is 2.94. The van der Waals surface area contributed by atoms with Crippen LogP contribution in [-0.4, -0.2) is 15.9 Å². The van der Waals surface area contributed by atoms with Crippen LogP contribution in [0.1, 0.15) is 23.1 Å². The van der Waals surface area contributed by atoms with Crippen LogP contribution < -0.4 is 5.32 Å². The number of hydrogen-bond acceptors (Lipinski definition) is 3. The molecule has 0 fully saturated rings. The summed E-state index contributed by atoms with van der Waals surface area (Å²) in [4.78, 5) is 19.7. The standard InChI is InChI=1S/C15H17N3O/c1-11-4-5-13(12(2)10-11)6-7-14(19)18-15-16-8-3-9-17-15/h3-5,8-10H,6-7H2,1-2H3,(H,16,17,18,19). The number of anilines is 1. The Morgan fingerprint density at radius 3 is 2.63 bits per heavy atom. The smallest absolute Gasteiger partial charge is 0.229 e. The number of amides is 1. The number of rotatable bonds is 4. The molecule has 1 amide bonds. The molecule has 2 rings (SSSR count). The molecule has 1 heterocycles. The Bertz CT molecular complexity index is 567. The van der Waals surface area contributed by atoms with Crippen molar-refractivity contribution < 1.29 is 4.79 Å². The van der Waals surface area contributed by atoms with Gasteiger partial charge in [0.2, 0.25) is 11.9 Å². The maximum Gasteiger partial charge on any atom is 0.229 e. The Balaban J connectivity index is 1.90. The zero-order valence-electron chi connectivity index (χ0n) is 11.2. The predicted molar refractivity (Wildman–Crippen MR) is 74.9 cm³/mol. The summed E-state index contributed by atoms with van der Waals surface area (Å²) >= 11 is 0. The zero-order valence-corrected chi connectivity index (χ0v) is 11.2. The van der Waals surface area contributed by atoms with Crippen LogP contribution >= 0.6 is 0 Å². The first-order chi connectivity index (χ1) is 9.15. The summed E-state index contributed by atoms with van der Waals surface area (Å²) in [6.45, 7) is 4.14. The van der Waals surface area contributed by atoms with E-state index in [1.165, 1.54) is 16.7 Å². The highest BCUT2D eigenvalue weighted by molar-refractivity contribution is 5.89. The molecule has 0 saturated carbocycles. The van der Waals surface area contributed by atoms with Crippen molar-refractivity contribution in [3.8, 4) is 0 Å². The maximum absolute atomic E-state index is 11.8. The van der Waals surface area contributed by atoms with E-state index in [2.05, 4.69) is 47.3 Å². The van der Waals surface area contributed by atoms with E-state index < -0.39 is 0 Å². The van der Waals surface area contributed by atoms with Crippen LogP contribution in [0, 0.1) is 13.8 Å².